The number of furan rings is 1. The number of hydrogen-bond donors (Lipinski definition) is 0. The molecule has 6 aromatic rings. The third kappa shape index (κ3) is 2.88. The number of hydrogen-bond acceptors (Lipinski definition) is 2. The number of pyridine rings is 2. The molecule has 154 valence electrons. The molecule has 0 amide bonds. The maximum absolute atomic E-state index is 13.4. The molecule has 0 saturated heterocycles. The van der Waals surface area contributed by atoms with Crippen molar-refractivity contribution in [3.8, 4) is 22.4 Å². The van der Waals surface area contributed by atoms with Gasteiger partial charge in [0.1, 0.15) is 12.9 Å². The topological polar surface area (TPSA) is 29.9 Å². The number of halogens is 1. The smallest absolute Gasteiger partial charge is 0.227 e. The summed E-state index contributed by atoms with van der Waals surface area (Å²) in [5.74, 6) is -0.238. The van der Waals surface area contributed by atoms with Gasteiger partial charge in [-0.1, -0.05) is 42.5 Å². The maximum atomic E-state index is 13.4. The number of aryl methyl sites for hydroxylation is 2. The van der Waals surface area contributed by atoms with E-state index in [-0.39, 0.29) is 5.82 Å². The van der Waals surface area contributed by atoms with Crippen molar-refractivity contribution in [1.29, 1.82) is 0 Å². The zero-order valence-corrected chi connectivity index (χ0v) is 17.8. The molecule has 4 heteroatoms. The van der Waals surface area contributed by atoms with Crippen LogP contribution in [0.4, 0.5) is 4.39 Å². The van der Waals surface area contributed by atoms with Crippen molar-refractivity contribution in [2.45, 2.75) is 6.92 Å². The van der Waals surface area contributed by atoms with Crippen LogP contribution in [0.3, 0.4) is 0 Å². The first-order chi connectivity index (χ1) is 15.6. The third-order valence-electron chi connectivity index (χ3n) is 6.13. The summed E-state index contributed by atoms with van der Waals surface area (Å²) in [7, 11) is 2.03. The fourth-order valence-electron chi connectivity index (χ4n) is 4.42. The molecule has 0 fully saturated rings. The summed E-state index contributed by atoms with van der Waals surface area (Å²) in [4.78, 5) is 4.77. The van der Waals surface area contributed by atoms with E-state index in [4.69, 9.17) is 9.40 Å². The van der Waals surface area contributed by atoms with E-state index < -0.39 is 0 Å². The van der Waals surface area contributed by atoms with Gasteiger partial charge in [0.25, 0.3) is 0 Å². The molecule has 0 aliphatic heterocycles. The number of fused-ring (bicyclic) bond motifs is 4. The van der Waals surface area contributed by atoms with Gasteiger partial charge in [0.05, 0.1) is 11.1 Å². The maximum Gasteiger partial charge on any atom is 0.227 e. The van der Waals surface area contributed by atoms with Crippen LogP contribution in [-0.4, -0.2) is 4.98 Å². The second-order valence-corrected chi connectivity index (χ2v) is 8.19. The third-order valence-corrected chi connectivity index (χ3v) is 6.13. The van der Waals surface area contributed by atoms with Gasteiger partial charge in [0.2, 0.25) is 11.4 Å². The Bertz CT molecular complexity index is 1650. The average Bonchev–Trinajstić information content (AvgIpc) is 3.16. The van der Waals surface area contributed by atoms with Gasteiger partial charge in [-0.3, -0.25) is 0 Å². The normalized spacial score (nSPS) is 11.6. The minimum absolute atomic E-state index is 0.238. The summed E-state index contributed by atoms with van der Waals surface area (Å²) < 4.78 is 21.9. The quantitative estimate of drug-likeness (QED) is 0.291. The van der Waals surface area contributed by atoms with Crippen LogP contribution < -0.4 is 4.57 Å². The molecule has 0 atom stereocenters. The molecule has 3 aromatic carbocycles. The molecule has 0 aliphatic carbocycles. The molecular formula is C28H20FN2O+. The van der Waals surface area contributed by atoms with Gasteiger partial charge in [0, 0.05) is 28.3 Å². The molecule has 3 heterocycles. The number of rotatable bonds is 2. The molecule has 0 saturated carbocycles. The largest absolute Gasteiger partial charge is 0.437 e. The number of para-hydroxylation sites is 1. The molecular weight excluding hydrogens is 399 g/mol. The minimum atomic E-state index is -0.238. The Morgan fingerprint density at radius 1 is 0.844 bits per heavy atom. The van der Waals surface area contributed by atoms with Crippen molar-refractivity contribution < 1.29 is 13.4 Å². The van der Waals surface area contributed by atoms with Crippen molar-refractivity contribution in [3.63, 3.8) is 0 Å². The second-order valence-electron chi connectivity index (χ2n) is 8.19. The highest BCUT2D eigenvalue weighted by Gasteiger charge is 2.22. The van der Waals surface area contributed by atoms with E-state index in [1.165, 1.54) is 12.1 Å². The van der Waals surface area contributed by atoms with Gasteiger partial charge in [-0.05, 0) is 47.9 Å². The molecule has 3 aromatic heterocycles. The summed E-state index contributed by atoms with van der Waals surface area (Å²) >= 11 is 0. The Kier molecular flexibility index (Phi) is 4.08. The molecule has 6 rings (SSSR count). The van der Waals surface area contributed by atoms with E-state index in [2.05, 4.69) is 41.8 Å². The van der Waals surface area contributed by atoms with E-state index in [1.54, 1.807) is 12.1 Å². The molecule has 32 heavy (non-hydrogen) atoms. The van der Waals surface area contributed by atoms with E-state index in [9.17, 15) is 4.39 Å². The molecule has 0 aliphatic rings. The Hall–Kier alpha value is -4.05. The Balaban J connectivity index is 1.63. The monoisotopic (exact) mass is 419 g/mol. The van der Waals surface area contributed by atoms with Crippen molar-refractivity contribution in [2.24, 2.45) is 7.05 Å². The molecule has 0 N–H and O–H groups in total. The first-order valence-corrected chi connectivity index (χ1v) is 10.6. The van der Waals surface area contributed by atoms with Crippen LogP contribution in [-0.2, 0) is 7.05 Å². The fourth-order valence-corrected chi connectivity index (χ4v) is 4.42. The highest BCUT2D eigenvalue weighted by atomic mass is 19.1. The molecule has 0 bridgehead atoms. The number of nitrogens with zero attached hydrogens (tertiary/aromatic N) is 2. The average molecular weight is 419 g/mol. The summed E-state index contributed by atoms with van der Waals surface area (Å²) in [5, 5.41) is 3.15. The van der Waals surface area contributed by atoms with Gasteiger partial charge in [-0.15, -0.1) is 0 Å². The van der Waals surface area contributed by atoms with Gasteiger partial charge in [0.15, 0.2) is 11.8 Å². The molecule has 0 spiro atoms. The standard InChI is InChI=1S/C28H20FN2O/c1-17-7-12-22-23-15-20-5-3-4-6-24(20)30-28(23)32-27(22)26(17)25-16-19(13-14-31(25)2)18-8-10-21(29)11-9-18/h3-16H,1-2H3/q+1. The van der Waals surface area contributed by atoms with Crippen LogP contribution in [0, 0.1) is 12.7 Å². The molecule has 3 nitrogen and oxygen atoms in total. The first kappa shape index (κ1) is 18.7. The van der Waals surface area contributed by atoms with E-state index in [0.29, 0.717) is 5.71 Å². The number of benzene rings is 3. The van der Waals surface area contributed by atoms with Crippen LogP contribution in [0.5, 0.6) is 0 Å². The summed E-state index contributed by atoms with van der Waals surface area (Å²) in [6.45, 7) is 2.09. The lowest BCUT2D eigenvalue weighted by atomic mass is 9.98. The Morgan fingerprint density at radius 3 is 2.50 bits per heavy atom. The zero-order valence-electron chi connectivity index (χ0n) is 17.8. The summed E-state index contributed by atoms with van der Waals surface area (Å²) in [5.41, 5.74) is 7.56. The van der Waals surface area contributed by atoms with Crippen molar-refractivity contribution in [3.05, 3.63) is 96.4 Å². The SMILES string of the molecule is Cc1ccc2c(oc3nc4ccccc4cc32)c1-c1cc(-c2ccc(F)cc2)cc[n+]1C. The predicted octanol–water partition coefficient (Wildman–Crippen LogP) is 6.74. The highest BCUT2D eigenvalue weighted by Crippen LogP contribution is 2.38. The van der Waals surface area contributed by atoms with E-state index in [0.717, 1.165) is 55.2 Å². The van der Waals surface area contributed by atoms with Crippen LogP contribution in [0.25, 0.3) is 55.4 Å². The predicted molar refractivity (Wildman–Crippen MR) is 126 cm³/mol. The van der Waals surface area contributed by atoms with E-state index >= 15 is 0 Å². The Labute approximate surface area is 184 Å². The molecule has 0 unspecified atom stereocenters. The number of aromatic nitrogens is 2. The zero-order chi connectivity index (χ0) is 21.8. The van der Waals surface area contributed by atoms with Crippen LogP contribution in [0.15, 0.2) is 89.5 Å². The second kappa shape index (κ2) is 6.99. The van der Waals surface area contributed by atoms with Gasteiger partial charge < -0.3 is 4.42 Å². The van der Waals surface area contributed by atoms with Crippen molar-refractivity contribution in [2.75, 3.05) is 0 Å². The van der Waals surface area contributed by atoms with Crippen LogP contribution >= 0.6 is 0 Å². The lowest BCUT2D eigenvalue weighted by Gasteiger charge is -2.08. The Morgan fingerprint density at radius 2 is 1.66 bits per heavy atom. The minimum Gasteiger partial charge on any atom is -0.437 e. The van der Waals surface area contributed by atoms with Gasteiger partial charge >= 0.3 is 0 Å². The van der Waals surface area contributed by atoms with Crippen LogP contribution in [0.2, 0.25) is 0 Å². The highest BCUT2D eigenvalue weighted by molar-refractivity contribution is 6.11. The lowest BCUT2D eigenvalue weighted by molar-refractivity contribution is -0.660. The van der Waals surface area contributed by atoms with Gasteiger partial charge in [-0.25, -0.2) is 13.9 Å². The van der Waals surface area contributed by atoms with E-state index in [1.807, 2.05) is 37.5 Å². The fraction of sp³-hybridized carbons (Fsp3) is 0.0714. The van der Waals surface area contributed by atoms with Gasteiger partial charge in [-0.2, -0.15) is 0 Å². The molecule has 0 radical (unpaired) electrons. The lowest BCUT2D eigenvalue weighted by Crippen LogP contribution is -2.30. The van der Waals surface area contributed by atoms with Crippen molar-refractivity contribution >= 4 is 33.0 Å². The van der Waals surface area contributed by atoms with Crippen molar-refractivity contribution in [1.82, 2.24) is 4.98 Å². The van der Waals surface area contributed by atoms with Crippen LogP contribution in [0.1, 0.15) is 5.56 Å². The first-order valence-electron chi connectivity index (χ1n) is 10.6. The summed E-state index contributed by atoms with van der Waals surface area (Å²) in [6, 6.07) is 25.2. The summed E-state index contributed by atoms with van der Waals surface area (Å²) in [6.07, 6.45) is 2.03.